The van der Waals surface area contributed by atoms with E-state index in [1.54, 1.807) is 20.8 Å². The van der Waals surface area contributed by atoms with Crippen LogP contribution in [-0.2, 0) is 28.7 Å². The Morgan fingerprint density at radius 3 is 1.17 bits per heavy atom. The molecule has 2 N–H and O–H groups in total. The number of allylic oxidation sites excluding steroid dienone is 4. The Morgan fingerprint density at radius 2 is 0.830 bits per heavy atom. The summed E-state index contributed by atoms with van der Waals surface area (Å²) in [6.07, 6.45) is 39.0. The lowest BCUT2D eigenvalue weighted by molar-refractivity contribution is -0.171. The summed E-state index contributed by atoms with van der Waals surface area (Å²) in [4.78, 5) is 51.0. The molecule has 0 spiro atoms. The van der Waals surface area contributed by atoms with Crippen molar-refractivity contribution in [1.82, 2.24) is 5.32 Å². The molecule has 8 nitrogen and oxygen atoms in total. The van der Waals surface area contributed by atoms with E-state index < -0.39 is 48.0 Å². The van der Waals surface area contributed by atoms with E-state index >= 15 is 0 Å². The quantitative estimate of drug-likeness (QED) is 0.0285. The lowest BCUT2D eigenvalue weighted by Gasteiger charge is -2.30. The van der Waals surface area contributed by atoms with Crippen molar-refractivity contribution in [2.45, 2.75) is 226 Å². The Bertz CT molecular complexity index is 984. The molecule has 0 saturated carbocycles. The zero-order valence-corrected chi connectivity index (χ0v) is 34.9. The van der Waals surface area contributed by atoms with Gasteiger partial charge in [0, 0.05) is 18.4 Å². The maximum absolute atomic E-state index is 13.1. The van der Waals surface area contributed by atoms with Crippen molar-refractivity contribution in [3.05, 3.63) is 24.3 Å². The van der Waals surface area contributed by atoms with Crippen LogP contribution in [0.4, 0.5) is 0 Å². The van der Waals surface area contributed by atoms with Crippen LogP contribution >= 0.6 is 0 Å². The third-order valence-corrected chi connectivity index (χ3v) is 9.46. The van der Waals surface area contributed by atoms with E-state index in [1.165, 1.54) is 77.0 Å². The molecule has 0 rings (SSSR count). The van der Waals surface area contributed by atoms with E-state index in [4.69, 9.17) is 9.47 Å². The lowest BCUT2D eigenvalue weighted by atomic mass is 9.97. The Hall–Kier alpha value is -2.32. The minimum Gasteiger partial charge on any atom is -0.395 e. The maximum atomic E-state index is 13.1. The van der Waals surface area contributed by atoms with Gasteiger partial charge in [-0.05, 0) is 85.0 Å². The number of carbonyl (C=O) groups is 4. The van der Waals surface area contributed by atoms with Gasteiger partial charge in [0.25, 0.3) is 0 Å². The van der Waals surface area contributed by atoms with Crippen molar-refractivity contribution < 1.29 is 33.8 Å². The van der Waals surface area contributed by atoms with Gasteiger partial charge in [0.15, 0.2) is 0 Å². The number of ether oxygens (including phenoxy) is 2. The first kappa shape index (κ1) is 50.7. The second kappa shape index (κ2) is 35.4. The second-order valence-corrected chi connectivity index (χ2v) is 15.9. The molecule has 53 heavy (non-hydrogen) atoms. The molecule has 0 aromatic rings. The molecular weight excluding hydrogens is 666 g/mol. The van der Waals surface area contributed by atoms with Gasteiger partial charge in [0.2, 0.25) is 0 Å². The van der Waals surface area contributed by atoms with Gasteiger partial charge in [-0.2, -0.15) is 0 Å². The van der Waals surface area contributed by atoms with Crippen LogP contribution in [0.25, 0.3) is 0 Å². The second-order valence-electron chi connectivity index (χ2n) is 15.9. The SMILES string of the molecule is CCCCCCCCC=CCCCCCCCC(=O)OC(=O)C(CO)C(NC(C)(C)C)C(=O)OC(=O)CCCCCCCC=CCCCCCCCC. The molecule has 0 bridgehead atoms. The molecule has 0 fully saturated rings. The van der Waals surface area contributed by atoms with Crippen LogP contribution in [0.3, 0.4) is 0 Å². The van der Waals surface area contributed by atoms with Gasteiger partial charge in [-0.15, -0.1) is 0 Å². The number of hydrogen-bond donors (Lipinski definition) is 2. The molecule has 0 aliphatic heterocycles. The standard InChI is InChI=1S/C45H81NO7/c1-6-8-10-12-14-16-18-20-22-24-26-28-30-32-34-36-40(48)52-43(50)39(38-47)42(46-45(3,4)5)44(51)53-41(49)37-35-33-31-29-27-25-23-21-19-17-15-13-11-9-7-2/h20-23,39,42,46-47H,6-19,24-38H2,1-5H3. The number of carbonyl (C=O) groups excluding carboxylic acids is 4. The molecule has 0 aliphatic carbocycles. The average molecular weight is 748 g/mol. The van der Waals surface area contributed by atoms with Crippen LogP contribution in [0.5, 0.6) is 0 Å². The van der Waals surface area contributed by atoms with Crippen molar-refractivity contribution in [2.24, 2.45) is 5.92 Å². The predicted octanol–water partition coefficient (Wildman–Crippen LogP) is 11.6. The summed E-state index contributed by atoms with van der Waals surface area (Å²) >= 11 is 0. The molecular formula is C45H81NO7. The lowest BCUT2D eigenvalue weighted by Crippen LogP contribution is -2.55. The highest BCUT2D eigenvalue weighted by Crippen LogP contribution is 2.17. The van der Waals surface area contributed by atoms with Crippen LogP contribution in [-0.4, -0.2) is 47.2 Å². The van der Waals surface area contributed by atoms with Crippen molar-refractivity contribution in [1.29, 1.82) is 0 Å². The molecule has 0 radical (unpaired) electrons. The van der Waals surface area contributed by atoms with E-state index in [1.807, 2.05) is 0 Å². The fraction of sp³-hybridized carbons (Fsp3) is 0.822. The molecule has 8 heteroatoms. The van der Waals surface area contributed by atoms with E-state index in [-0.39, 0.29) is 12.8 Å². The summed E-state index contributed by atoms with van der Waals surface area (Å²) in [6.45, 7) is 9.11. The smallest absolute Gasteiger partial charge is 0.331 e. The Balaban J connectivity index is 4.37. The highest BCUT2D eigenvalue weighted by Gasteiger charge is 2.39. The number of nitrogens with one attached hydrogen (secondary N) is 1. The van der Waals surface area contributed by atoms with Crippen molar-refractivity contribution >= 4 is 23.9 Å². The highest BCUT2D eigenvalue weighted by molar-refractivity contribution is 5.94. The summed E-state index contributed by atoms with van der Waals surface area (Å²) in [5.41, 5.74) is -0.655. The van der Waals surface area contributed by atoms with Gasteiger partial charge >= 0.3 is 23.9 Å². The van der Waals surface area contributed by atoms with E-state index in [0.29, 0.717) is 12.8 Å². The molecule has 0 amide bonds. The predicted molar refractivity (Wildman–Crippen MR) is 218 cm³/mol. The fourth-order valence-corrected chi connectivity index (χ4v) is 6.25. The number of esters is 4. The third-order valence-electron chi connectivity index (χ3n) is 9.46. The Morgan fingerprint density at radius 1 is 0.509 bits per heavy atom. The summed E-state index contributed by atoms with van der Waals surface area (Å²) in [5.74, 6) is -4.72. The molecule has 308 valence electrons. The van der Waals surface area contributed by atoms with Crippen LogP contribution in [0.15, 0.2) is 24.3 Å². The highest BCUT2D eigenvalue weighted by atomic mass is 16.6. The minimum absolute atomic E-state index is 0.0816. The number of aliphatic hydroxyl groups excluding tert-OH is 1. The van der Waals surface area contributed by atoms with E-state index in [2.05, 4.69) is 43.5 Å². The van der Waals surface area contributed by atoms with Crippen LogP contribution in [0.2, 0.25) is 0 Å². The zero-order valence-electron chi connectivity index (χ0n) is 34.9. The zero-order chi connectivity index (χ0) is 39.4. The van der Waals surface area contributed by atoms with Gasteiger partial charge in [-0.25, -0.2) is 4.79 Å². The summed E-state index contributed by atoms with van der Waals surface area (Å²) in [7, 11) is 0. The average Bonchev–Trinajstić information content (AvgIpc) is 3.10. The first-order chi connectivity index (χ1) is 25.6. The maximum Gasteiger partial charge on any atom is 0.331 e. The first-order valence-electron chi connectivity index (χ1n) is 21.7. The third kappa shape index (κ3) is 32.8. The Kier molecular flexibility index (Phi) is 33.8. The topological polar surface area (TPSA) is 119 Å². The number of unbranched alkanes of at least 4 members (excludes halogenated alkanes) is 22. The summed E-state index contributed by atoms with van der Waals surface area (Å²) < 4.78 is 10.2. The largest absolute Gasteiger partial charge is 0.395 e. The minimum atomic E-state index is -1.40. The van der Waals surface area contributed by atoms with E-state index in [9.17, 15) is 24.3 Å². The monoisotopic (exact) mass is 748 g/mol. The molecule has 2 atom stereocenters. The van der Waals surface area contributed by atoms with Crippen molar-refractivity contribution in [2.75, 3.05) is 6.61 Å². The fourth-order valence-electron chi connectivity index (χ4n) is 6.25. The molecule has 2 unspecified atom stereocenters. The van der Waals surface area contributed by atoms with Gasteiger partial charge in [0.1, 0.15) is 12.0 Å². The molecule has 0 aromatic carbocycles. The molecule has 0 aromatic heterocycles. The van der Waals surface area contributed by atoms with Crippen LogP contribution < -0.4 is 5.32 Å². The van der Waals surface area contributed by atoms with Gasteiger partial charge in [0.05, 0.1) is 6.61 Å². The number of hydrogen-bond acceptors (Lipinski definition) is 8. The number of aliphatic hydroxyl groups is 1. The molecule has 0 saturated heterocycles. The van der Waals surface area contributed by atoms with Gasteiger partial charge < -0.3 is 14.6 Å². The summed E-state index contributed by atoms with van der Waals surface area (Å²) in [6, 6.07) is -1.35. The van der Waals surface area contributed by atoms with Crippen molar-refractivity contribution in [3.63, 3.8) is 0 Å². The van der Waals surface area contributed by atoms with E-state index in [0.717, 1.165) is 77.0 Å². The van der Waals surface area contributed by atoms with Gasteiger partial charge in [-0.3, -0.25) is 19.7 Å². The van der Waals surface area contributed by atoms with Crippen LogP contribution in [0.1, 0.15) is 214 Å². The van der Waals surface area contributed by atoms with Gasteiger partial charge in [-0.1, -0.05) is 141 Å². The van der Waals surface area contributed by atoms with Crippen molar-refractivity contribution in [3.8, 4) is 0 Å². The summed E-state index contributed by atoms with van der Waals surface area (Å²) in [5, 5.41) is 13.1. The normalized spacial score (nSPS) is 13.1. The Labute approximate surface area is 325 Å². The molecule has 0 heterocycles. The number of rotatable bonds is 35. The first-order valence-corrected chi connectivity index (χ1v) is 21.7. The molecule has 0 aliphatic rings. The van der Waals surface area contributed by atoms with Crippen LogP contribution in [0, 0.1) is 5.92 Å².